The fourth-order valence-electron chi connectivity index (χ4n) is 10.3. The number of carboxylic acids is 2. The Balaban J connectivity index is 0. The number of aromatic carboxylic acids is 2. The first-order valence-electron chi connectivity index (χ1n) is 38.2. The number of ether oxygens (including phenoxy) is 3. The van der Waals surface area contributed by atoms with Crippen LogP contribution in [0.15, 0.2) is 146 Å². The Morgan fingerprint density at radius 2 is 0.730 bits per heavy atom. The third kappa shape index (κ3) is 47.8. The lowest BCUT2D eigenvalue weighted by molar-refractivity contribution is -0.173. The summed E-state index contributed by atoms with van der Waals surface area (Å²) in [6, 6.07) is 35.1. The number of halogens is 19. The van der Waals surface area contributed by atoms with E-state index in [-0.39, 0.29) is 130 Å². The third-order valence-corrected chi connectivity index (χ3v) is 17.6. The molecule has 0 aromatic heterocycles. The monoisotopic (exact) mass is 2270 g/mol. The van der Waals surface area contributed by atoms with Gasteiger partial charge in [0, 0.05) is 49.0 Å². The molecule has 0 fully saturated rings. The number of methoxy groups -OCH3 is 3. The molecule has 8 aromatic carbocycles. The van der Waals surface area contributed by atoms with Crippen LogP contribution in [0.3, 0.4) is 0 Å². The Morgan fingerprint density at radius 3 is 1.09 bits per heavy atom. The summed E-state index contributed by atoms with van der Waals surface area (Å²) < 4.78 is 194. The lowest BCUT2D eigenvalue weighted by atomic mass is 9.95. The van der Waals surface area contributed by atoms with E-state index in [1.165, 1.54) is 80.2 Å². The third-order valence-electron chi connectivity index (χ3n) is 16.7. The molecule has 8 rings (SSSR count). The molecule has 0 saturated carbocycles. The Hall–Kier alpha value is -12.3. The zero-order valence-electron chi connectivity index (χ0n) is 71.8. The number of phenols is 6. The summed E-state index contributed by atoms with van der Waals surface area (Å²) in [6.45, 7) is -1.16. The van der Waals surface area contributed by atoms with Crippen LogP contribution in [-0.2, 0) is 69.5 Å². The molecule has 0 aliphatic rings. The number of hydrogen-bond donors (Lipinski definition) is 18. The van der Waals surface area contributed by atoms with E-state index in [9.17, 15) is 145 Å². The number of aliphatic hydroxyl groups is 3. The van der Waals surface area contributed by atoms with Gasteiger partial charge in [-0.2, -0.15) is 65.9 Å². The molecule has 0 aliphatic carbocycles. The second-order valence-corrected chi connectivity index (χ2v) is 34.0. The smallest absolute Gasteiger partial charge is 0.471 e. The SMILES string of the molecule is BrB(Br)Br.C#CCNC(=O)C(F)(F)F.COc1cc(CO)ccc1C#CCNC(=O)C(F)(F)F.COc1cc(CO)ccc1CCCNC(=O)C(F)(F)F.COc1cc(CO)ccc1I.N.NCCCc1cc(C(=O)c2ccccc2C(=O)O)c(O)cc1O.O.O=C(NCCCc1ccc(O)cc1O)C(F)(F)F.O=C(O)c1ccccc1C(=O)c1cc(CCCNC(=O)C(F)(F)F)c(O)cc1O. The van der Waals surface area contributed by atoms with E-state index in [0.717, 1.165) is 44.7 Å². The number of amides is 5. The van der Waals surface area contributed by atoms with Gasteiger partial charge >= 0.3 is 75.5 Å². The molecule has 0 unspecified atom stereocenters. The first-order valence-corrected chi connectivity index (χ1v) is 42.0. The van der Waals surface area contributed by atoms with Crippen molar-refractivity contribution in [2.75, 3.05) is 60.6 Å². The van der Waals surface area contributed by atoms with Crippen molar-refractivity contribution in [2.24, 2.45) is 5.73 Å². The lowest BCUT2D eigenvalue weighted by Crippen LogP contribution is -2.37. The molecular weight excluding hydrogens is 2180 g/mol. The normalized spacial score (nSPS) is 10.5. The zero-order chi connectivity index (χ0) is 103. The number of carboxylic acid groups (broad SMARTS) is 2. The Morgan fingerprint density at radius 1 is 0.409 bits per heavy atom. The molecule has 0 radical (unpaired) electrons. The standard InChI is InChI=1S/C19H16F3NO6.C17H17NO5.C13H16F3NO3.C13H12F3NO3.C11H12F3NO3.C8H9IO2.C5H4F3NO.BBr3.H3N.H2O/c20-19(21,22)18(29)23-7-3-4-10-8-13(15(25)9-14(10)24)16(26)11-5-1-2-6-12(11)17(27)28;18-7-3-4-10-8-13(15(20)9-14(10)19)16(21)11-5-1-2-6-12(11)17(22)23;2*1-20-11-7-9(8-18)4-5-10(11)3-2-6-17-12(19)13(14,15)16;12-11(13,14)10(18)15-5-1-2-7-3-4-8(16)6-9(7)17;1-11-8-4-6(5-10)2-3-7(8)9;1-2-3-9-4(10)5(6,7)8;2-1(3)4;;/h1-2,5-6,8-9,24-25H,3-4,7H2,(H,23,29)(H,27,28);1-2,5-6,8-9,19-20H,3-4,7,18H2,(H,22,23);4-5,7,18H,2-3,6,8H2,1H3,(H,17,19);4-5,7,18H,6,8H2,1H3,(H,17,19);3-4,6,16-17H,1-2,5H2,(H,15,18);2-4,10H,5H2,1H3;1H,3H2,(H,9,10);;1H3;1H2. The molecule has 137 heavy (non-hydrogen) atoms. The number of benzene rings is 8. The predicted octanol–water partition coefficient (Wildman–Crippen LogP) is 12.9. The molecule has 5 amide bonds. The van der Waals surface area contributed by atoms with Gasteiger partial charge in [-0.25, -0.2) is 9.59 Å². The minimum absolute atomic E-state index is 0. The van der Waals surface area contributed by atoms with Crippen molar-refractivity contribution >= 4 is 126 Å². The average molecular weight is 2270 g/mol. The number of ketones is 2. The number of aliphatic hydroxyl groups excluding tert-OH is 3. The highest BCUT2D eigenvalue weighted by molar-refractivity contribution is 14.1. The molecule has 0 heterocycles. The largest absolute Gasteiger partial charge is 0.508 e. The summed E-state index contributed by atoms with van der Waals surface area (Å²) in [7, 11) is 4.51. The molecule has 23 N–H and O–H groups in total. The maximum atomic E-state index is 12.7. The zero-order valence-corrected chi connectivity index (χ0v) is 78.7. The number of terminal acetylenes is 1. The van der Waals surface area contributed by atoms with Gasteiger partial charge in [-0.15, -0.1) is 53.7 Å². The lowest BCUT2D eigenvalue weighted by Gasteiger charge is -2.12. The molecule has 31 nitrogen and oxygen atoms in total. The number of hydrogen-bond acceptors (Lipinski definition) is 23. The highest BCUT2D eigenvalue weighted by atomic mass is 127. The summed E-state index contributed by atoms with van der Waals surface area (Å²) in [5.41, 5.74) is 9.05. The highest BCUT2D eigenvalue weighted by Crippen LogP contribution is 2.34. The summed E-state index contributed by atoms with van der Waals surface area (Å²) >= 11 is 11.5. The van der Waals surface area contributed by atoms with Crippen molar-refractivity contribution < 1.29 is 185 Å². The maximum Gasteiger partial charge on any atom is 0.471 e. The van der Waals surface area contributed by atoms with Crippen LogP contribution in [0.2, 0.25) is 0 Å². The van der Waals surface area contributed by atoms with E-state index in [1.807, 2.05) is 29.4 Å². The number of alkyl halides is 15. The number of aromatic hydroxyl groups is 6. The van der Waals surface area contributed by atoms with Crippen LogP contribution in [0.4, 0.5) is 65.9 Å². The number of nitrogens with one attached hydrogen (secondary N) is 5. The van der Waals surface area contributed by atoms with Crippen molar-refractivity contribution in [3.63, 3.8) is 0 Å². The number of phenolic OH excluding ortho intramolecular Hbond substituents is 6. The number of carbonyl (C=O) groups is 9. The molecule has 0 aliphatic heterocycles. The molecule has 0 saturated heterocycles. The van der Waals surface area contributed by atoms with Gasteiger partial charge in [-0.3, -0.25) is 33.6 Å². The summed E-state index contributed by atoms with van der Waals surface area (Å²) in [6.07, 6.45) is -17.5. The minimum atomic E-state index is -5.00. The summed E-state index contributed by atoms with van der Waals surface area (Å²) in [5.74, 6) is -7.15. The van der Waals surface area contributed by atoms with E-state index in [2.05, 4.69) is 88.1 Å². The number of nitrogens with two attached hydrogens (primary N) is 1. The molecule has 0 spiro atoms. The quantitative estimate of drug-likeness (QED) is 0.00517. The number of aryl methyl sites for hydroxylation is 4. The van der Waals surface area contributed by atoms with Crippen LogP contribution in [0, 0.1) is 27.8 Å². The Kier molecular flexibility index (Phi) is 58.4. The average Bonchev–Trinajstić information content (AvgIpc) is 0.801. The van der Waals surface area contributed by atoms with Crippen molar-refractivity contribution in [3.05, 3.63) is 227 Å². The topological polar surface area (TPSA) is 557 Å². The van der Waals surface area contributed by atoms with Crippen LogP contribution in [0.25, 0.3) is 0 Å². The van der Waals surface area contributed by atoms with Crippen LogP contribution in [-0.4, -0.2) is 209 Å². The molecule has 0 atom stereocenters. The predicted molar refractivity (Wildman–Crippen MR) is 487 cm³/mol. The summed E-state index contributed by atoms with van der Waals surface area (Å²) in [4.78, 5) is 100. The molecule has 0 bridgehead atoms. The van der Waals surface area contributed by atoms with Crippen molar-refractivity contribution in [1.82, 2.24) is 32.7 Å². The molecule has 750 valence electrons. The molecular formula is C86H91BBr3F15IN7O24. The van der Waals surface area contributed by atoms with Gasteiger partial charge in [0.15, 0.2) is 11.6 Å². The molecule has 8 aromatic rings. The van der Waals surface area contributed by atoms with Crippen LogP contribution >= 0.6 is 69.9 Å². The molecule has 51 heteroatoms. The van der Waals surface area contributed by atoms with Gasteiger partial charge in [0.25, 0.3) is 0 Å². The van der Waals surface area contributed by atoms with Crippen molar-refractivity contribution in [1.29, 1.82) is 0 Å². The second-order valence-electron chi connectivity index (χ2n) is 26.4. The van der Waals surface area contributed by atoms with Crippen LogP contribution in [0.1, 0.15) is 123 Å². The number of rotatable bonds is 29. The van der Waals surface area contributed by atoms with E-state index in [0.29, 0.717) is 78.0 Å². The Bertz CT molecular complexity index is 5400. The van der Waals surface area contributed by atoms with Gasteiger partial charge in [0.1, 0.15) is 51.7 Å². The Labute approximate surface area is 810 Å². The maximum absolute atomic E-state index is 12.7. The van der Waals surface area contributed by atoms with Gasteiger partial charge in [0.2, 0.25) is 0 Å². The van der Waals surface area contributed by atoms with Crippen LogP contribution < -0.4 is 52.7 Å². The second kappa shape index (κ2) is 63.1. The van der Waals surface area contributed by atoms with Crippen molar-refractivity contribution in [3.8, 4) is 75.9 Å². The van der Waals surface area contributed by atoms with E-state index in [1.54, 1.807) is 65.5 Å². The van der Waals surface area contributed by atoms with Gasteiger partial charge < -0.3 is 114 Å². The van der Waals surface area contributed by atoms with E-state index < -0.39 is 114 Å². The number of carbonyl (C=O) groups excluding carboxylic acids is 7. The first kappa shape index (κ1) is 127. The minimum Gasteiger partial charge on any atom is -0.508 e. The van der Waals surface area contributed by atoms with Gasteiger partial charge in [0.05, 0.1) is 85.6 Å². The van der Waals surface area contributed by atoms with E-state index in [4.69, 9.17) is 40.4 Å². The van der Waals surface area contributed by atoms with E-state index >= 15 is 0 Å². The highest BCUT2D eigenvalue weighted by Gasteiger charge is 2.41. The summed E-state index contributed by atoms with van der Waals surface area (Å²) in [5, 5.41) is 112. The van der Waals surface area contributed by atoms with Crippen molar-refractivity contribution in [2.45, 2.75) is 102 Å². The van der Waals surface area contributed by atoms with Crippen LogP contribution in [0.5, 0.6) is 51.7 Å². The van der Waals surface area contributed by atoms with Gasteiger partial charge in [-0.05, 0) is 180 Å². The van der Waals surface area contributed by atoms with Gasteiger partial charge in [-0.1, -0.05) is 84.5 Å². The fraction of sp³-hybridized carbons (Fsp3) is 0.291. The fourth-order valence-corrected chi connectivity index (χ4v) is 10.8. The first-order chi connectivity index (χ1) is 63.0.